The molecule has 0 fully saturated rings. The first-order valence-electron chi connectivity index (χ1n) is 8.49. The van der Waals surface area contributed by atoms with E-state index in [0.717, 1.165) is 0 Å². The average molecular weight is 346 g/mol. The smallest absolute Gasteiger partial charge is 0.407 e. The van der Waals surface area contributed by atoms with Crippen molar-refractivity contribution in [1.82, 2.24) is 10.3 Å². The minimum absolute atomic E-state index is 0.0216. The summed E-state index contributed by atoms with van der Waals surface area (Å²) >= 11 is 0. The first-order valence-corrected chi connectivity index (χ1v) is 8.49. The second-order valence-electron chi connectivity index (χ2n) is 6.21. The van der Waals surface area contributed by atoms with Crippen LogP contribution in [0.3, 0.4) is 0 Å². The Balaban J connectivity index is 1.44. The fourth-order valence-corrected chi connectivity index (χ4v) is 3.41. The highest BCUT2D eigenvalue weighted by molar-refractivity contribution is 5.79. The summed E-state index contributed by atoms with van der Waals surface area (Å²) in [5, 5.41) is 2.63. The molecule has 0 saturated heterocycles. The molecule has 0 saturated carbocycles. The van der Waals surface area contributed by atoms with Crippen molar-refractivity contribution in [1.29, 1.82) is 0 Å². The summed E-state index contributed by atoms with van der Waals surface area (Å²) in [7, 11) is 0. The minimum Gasteiger partial charge on any atom is -0.449 e. The fourth-order valence-electron chi connectivity index (χ4n) is 3.41. The van der Waals surface area contributed by atoms with Gasteiger partial charge in [0.2, 0.25) is 0 Å². The van der Waals surface area contributed by atoms with Crippen LogP contribution in [0.25, 0.3) is 11.1 Å². The molecular formula is C21H18N2O3. The van der Waals surface area contributed by atoms with Gasteiger partial charge in [-0.2, -0.15) is 0 Å². The van der Waals surface area contributed by atoms with Crippen LogP contribution in [0.2, 0.25) is 0 Å². The van der Waals surface area contributed by atoms with E-state index in [1.54, 1.807) is 12.4 Å². The molecule has 1 aromatic heterocycles. The summed E-state index contributed by atoms with van der Waals surface area (Å²) in [6, 6.07) is 17.8. The van der Waals surface area contributed by atoms with Gasteiger partial charge in [0.05, 0.1) is 6.54 Å². The Morgan fingerprint density at radius 3 is 2.31 bits per heavy atom. The maximum atomic E-state index is 12.1. The SMILES string of the molecule is O=C(NCc1c[nH]ccc1=O)OCC1c2ccccc2-c2ccccc21. The summed E-state index contributed by atoms with van der Waals surface area (Å²) in [6.45, 7) is 0.387. The van der Waals surface area contributed by atoms with Crippen molar-refractivity contribution >= 4 is 6.09 Å². The zero-order valence-corrected chi connectivity index (χ0v) is 14.1. The van der Waals surface area contributed by atoms with Crippen LogP contribution < -0.4 is 10.7 Å². The molecule has 4 rings (SSSR count). The molecule has 1 heterocycles. The lowest BCUT2D eigenvalue weighted by atomic mass is 9.98. The number of hydrogen-bond donors (Lipinski definition) is 2. The lowest BCUT2D eigenvalue weighted by Gasteiger charge is -2.14. The van der Waals surface area contributed by atoms with Gasteiger partial charge in [-0.25, -0.2) is 4.79 Å². The number of ether oxygens (including phenoxy) is 1. The van der Waals surface area contributed by atoms with E-state index < -0.39 is 6.09 Å². The highest BCUT2D eigenvalue weighted by Gasteiger charge is 2.28. The molecule has 2 aromatic carbocycles. The predicted molar refractivity (Wildman–Crippen MR) is 99.0 cm³/mol. The van der Waals surface area contributed by atoms with E-state index in [2.05, 4.69) is 34.6 Å². The van der Waals surface area contributed by atoms with Crippen molar-refractivity contribution in [3.8, 4) is 11.1 Å². The highest BCUT2D eigenvalue weighted by Crippen LogP contribution is 2.44. The predicted octanol–water partition coefficient (Wildman–Crippen LogP) is 3.41. The van der Waals surface area contributed by atoms with E-state index in [0.29, 0.717) is 5.56 Å². The highest BCUT2D eigenvalue weighted by atomic mass is 16.5. The number of rotatable bonds is 4. The number of H-pyrrole nitrogens is 1. The summed E-state index contributed by atoms with van der Waals surface area (Å²) in [6.07, 6.45) is 2.60. The normalized spacial score (nSPS) is 12.3. The second-order valence-corrected chi connectivity index (χ2v) is 6.21. The van der Waals surface area contributed by atoms with Crippen molar-refractivity contribution in [2.75, 3.05) is 6.61 Å². The topological polar surface area (TPSA) is 71.2 Å². The summed E-state index contributed by atoms with van der Waals surface area (Å²) in [5.41, 5.74) is 5.08. The average Bonchev–Trinajstić information content (AvgIpc) is 3.00. The monoisotopic (exact) mass is 346 g/mol. The Kier molecular flexibility index (Phi) is 4.27. The third kappa shape index (κ3) is 2.99. The maximum absolute atomic E-state index is 12.1. The third-order valence-corrected chi connectivity index (χ3v) is 4.67. The number of aromatic nitrogens is 1. The number of aromatic amines is 1. The van der Waals surface area contributed by atoms with Crippen LogP contribution in [0.5, 0.6) is 0 Å². The van der Waals surface area contributed by atoms with Crippen molar-refractivity contribution in [3.63, 3.8) is 0 Å². The molecule has 0 spiro atoms. The number of fused-ring (bicyclic) bond motifs is 3. The molecule has 5 nitrogen and oxygen atoms in total. The van der Waals surface area contributed by atoms with Gasteiger partial charge in [0.1, 0.15) is 6.61 Å². The van der Waals surface area contributed by atoms with E-state index in [1.165, 1.54) is 28.3 Å². The van der Waals surface area contributed by atoms with Crippen LogP contribution in [-0.2, 0) is 11.3 Å². The van der Waals surface area contributed by atoms with Crippen LogP contribution in [0, 0.1) is 0 Å². The fraction of sp³-hybridized carbons (Fsp3) is 0.143. The van der Waals surface area contributed by atoms with Crippen molar-refractivity contribution in [3.05, 3.63) is 93.9 Å². The minimum atomic E-state index is -0.532. The Hall–Kier alpha value is -3.34. The largest absolute Gasteiger partial charge is 0.449 e. The number of pyridine rings is 1. The molecule has 26 heavy (non-hydrogen) atoms. The molecule has 130 valence electrons. The van der Waals surface area contributed by atoms with Crippen molar-refractivity contribution < 1.29 is 9.53 Å². The second kappa shape index (κ2) is 6.88. The lowest BCUT2D eigenvalue weighted by Crippen LogP contribution is -2.27. The van der Waals surface area contributed by atoms with Gasteiger partial charge in [0.25, 0.3) is 0 Å². The third-order valence-electron chi connectivity index (χ3n) is 4.67. The number of hydrogen-bond acceptors (Lipinski definition) is 3. The molecule has 1 aliphatic carbocycles. The van der Waals surface area contributed by atoms with Crippen LogP contribution in [0.1, 0.15) is 22.6 Å². The van der Waals surface area contributed by atoms with Crippen LogP contribution >= 0.6 is 0 Å². The molecule has 0 atom stereocenters. The first-order chi connectivity index (χ1) is 12.7. The Morgan fingerprint density at radius 2 is 1.65 bits per heavy atom. The van der Waals surface area contributed by atoms with Gasteiger partial charge >= 0.3 is 6.09 Å². The van der Waals surface area contributed by atoms with Gasteiger partial charge < -0.3 is 15.0 Å². The number of benzene rings is 2. The summed E-state index contributed by atoms with van der Waals surface area (Å²) < 4.78 is 5.44. The van der Waals surface area contributed by atoms with Gasteiger partial charge in [-0.05, 0) is 22.3 Å². The Morgan fingerprint density at radius 1 is 1.00 bits per heavy atom. The van der Waals surface area contributed by atoms with E-state index in [1.807, 2.05) is 24.3 Å². The molecule has 3 aromatic rings. The molecule has 2 N–H and O–H groups in total. The summed E-state index contributed by atoms with van der Waals surface area (Å²) in [4.78, 5) is 26.6. The molecule has 0 bridgehead atoms. The zero-order valence-electron chi connectivity index (χ0n) is 14.1. The van der Waals surface area contributed by atoms with E-state index in [9.17, 15) is 9.59 Å². The molecule has 5 heteroatoms. The Labute approximate surface area is 150 Å². The van der Waals surface area contributed by atoms with E-state index in [-0.39, 0.29) is 24.5 Å². The molecule has 1 amide bonds. The Bertz CT molecular complexity index is 964. The first kappa shape index (κ1) is 16.1. The molecular weight excluding hydrogens is 328 g/mol. The standard InChI is InChI=1S/C21H18N2O3/c24-20-9-10-22-11-14(20)12-23-21(25)26-13-19-17-7-3-1-5-15(17)16-6-2-4-8-18(16)19/h1-11,19H,12-13H2,(H,22,24)(H,23,25). The van der Waals surface area contributed by atoms with Crippen molar-refractivity contribution in [2.45, 2.75) is 12.5 Å². The number of carbonyl (C=O) groups excluding carboxylic acids is 1. The lowest BCUT2D eigenvalue weighted by molar-refractivity contribution is 0.142. The van der Waals surface area contributed by atoms with Gasteiger partial charge in [0, 0.05) is 29.9 Å². The molecule has 0 unspecified atom stereocenters. The number of alkyl carbamates (subject to hydrolysis) is 1. The van der Waals surface area contributed by atoms with Crippen LogP contribution in [0.15, 0.2) is 71.8 Å². The van der Waals surface area contributed by atoms with Gasteiger partial charge in [-0.1, -0.05) is 48.5 Å². The molecule has 0 radical (unpaired) electrons. The van der Waals surface area contributed by atoms with Crippen molar-refractivity contribution in [2.24, 2.45) is 0 Å². The maximum Gasteiger partial charge on any atom is 0.407 e. The molecule has 1 aliphatic rings. The zero-order chi connectivity index (χ0) is 17.9. The van der Waals surface area contributed by atoms with Gasteiger partial charge in [-0.3, -0.25) is 4.79 Å². The van der Waals surface area contributed by atoms with E-state index in [4.69, 9.17) is 4.74 Å². The number of nitrogens with one attached hydrogen (secondary N) is 2. The number of amides is 1. The van der Waals surface area contributed by atoms with Crippen LogP contribution in [-0.4, -0.2) is 17.7 Å². The molecule has 0 aliphatic heterocycles. The van der Waals surface area contributed by atoms with Crippen LogP contribution in [0.4, 0.5) is 4.79 Å². The summed E-state index contributed by atoms with van der Waals surface area (Å²) in [5.74, 6) is 0.0216. The van der Waals surface area contributed by atoms with Gasteiger partial charge in [0.15, 0.2) is 5.43 Å². The van der Waals surface area contributed by atoms with E-state index >= 15 is 0 Å². The number of carbonyl (C=O) groups is 1. The van der Waals surface area contributed by atoms with Gasteiger partial charge in [-0.15, -0.1) is 0 Å². The quantitative estimate of drug-likeness (QED) is 0.760.